The second kappa shape index (κ2) is 12.3. The smallest absolute Gasteiger partial charge is 0.269 e. The average Bonchev–Trinajstić information content (AvgIpc) is 2.93. The first kappa shape index (κ1) is 25.4. The molecule has 6 nitrogen and oxygen atoms in total. The molecule has 4 rings (SSSR count). The maximum atomic E-state index is 13.7. The van der Waals surface area contributed by atoms with Crippen molar-refractivity contribution in [2.24, 2.45) is 0 Å². The molecule has 37 heavy (non-hydrogen) atoms. The molecular weight excluding hydrogens is 462 g/mol. The molecule has 1 atom stereocenters. The van der Waals surface area contributed by atoms with Crippen molar-refractivity contribution in [1.82, 2.24) is 16.2 Å². The van der Waals surface area contributed by atoms with E-state index in [1.165, 1.54) is 0 Å². The topological polar surface area (TPSA) is 87.3 Å². The Morgan fingerprint density at radius 2 is 1.14 bits per heavy atom. The Kier molecular flexibility index (Phi) is 8.45. The number of rotatable bonds is 8. The molecule has 0 unspecified atom stereocenters. The molecule has 0 spiro atoms. The van der Waals surface area contributed by atoms with Gasteiger partial charge in [-0.25, -0.2) is 0 Å². The average molecular weight is 492 g/mol. The quantitative estimate of drug-likeness (QED) is 0.321. The molecule has 4 aromatic carbocycles. The lowest BCUT2D eigenvalue weighted by Gasteiger charge is -2.23. The van der Waals surface area contributed by atoms with Gasteiger partial charge in [-0.05, 0) is 35.2 Å². The third kappa shape index (κ3) is 6.70. The maximum Gasteiger partial charge on any atom is 0.269 e. The van der Waals surface area contributed by atoms with Crippen molar-refractivity contribution in [1.29, 1.82) is 0 Å². The van der Waals surface area contributed by atoms with Crippen molar-refractivity contribution in [3.05, 3.63) is 143 Å². The summed E-state index contributed by atoms with van der Waals surface area (Å²) in [4.78, 5) is 39.6. The summed E-state index contributed by atoms with van der Waals surface area (Å²) in [6.45, 7) is 1.82. The minimum absolute atomic E-state index is 0.259. The lowest BCUT2D eigenvalue weighted by Crippen LogP contribution is -2.54. The fourth-order valence-corrected chi connectivity index (χ4v) is 4.20. The van der Waals surface area contributed by atoms with E-state index in [-0.39, 0.29) is 12.3 Å². The Labute approximate surface area is 216 Å². The number of aryl methyl sites for hydroxylation is 1. The van der Waals surface area contributed by atoms with Crippen molar-refractivity contribution < 1.29 is 14.4 Å². The number of carbonyl (C=O) groups excluding carboxylic acids is 3. The number of benzene rings is 4. The van der Waals surface area contributed by atoms with Crippen molar-refractivity contribution in [3.8, 4) is 0 Å². The van der Waals surface area contributed by atoms with Crippen molar-refractivity contribution in [2.75, 3.05) is 0 Å². The summed E-state index contributed by atoms with van der Waals surface area (Å²) in [5, 5.41) is 2.93. The molecule has 0 aromatic heterocycles. The lowest BCUT2D eigenvalue weighted by atomic mass is 9.90. The molecule has 0 saturated carbocycles. The summed E-state index contributed by atoms with van der Waals surface area (Å²) < 4.78 is 0. The van der Waals surface area contributed by atoms with Crippen LogP contribution in [0.3, 0.4) is 0 Å². The molecule has 0 aliphatic carbocycles. The van der Waals surface area contributed by atoms with E-state index in [0.29, 0.717) is 5.56 Å². The highest BCUT2D eigenvalue weighted by atomic mass is 16.2. The van der Waals surface area contributed by atoms with Crippen LogP contribution >= 0.6 is 0 Å². The molecule has 4 aromatic rings. The number of hydrogen-bond donors (Lipinski definition) is 3. The van der Waals surface area contributed by atoms with Gasteiger partial charge in [-0.15, -0.1) is 0 Å². The van der Waals surface area contributed by atoms with Gasteiger partial charge in [0.05, 0.1) is 5.92 Å². The highest BCUT2D eigenvalue weighted by Gasteiger charge is 2.28. The predicted molar refractivity (Wildman–Crippen MR) is 144 cm³/mol. The fraction of sp³-hybridized carbons (Fsp3) is 0.129. The maximum absolute atomic E-state index is 13.7. The van der Waals surface area contributed by atoms with Crippen LogP contribution in [-0.4, -0.2) is 23.8 Å². The predicted octanol–water partition coefficient (Wildman–Crippen LogP) is 4.32. The summed E-state index contributed by atoms with van der Waals surface area (Å²) in [7, 11) is 0. The number of hydrogen-bond acceptors (Lipinski definition) is 3. The Hall–Kier alpha value is -4.71. The second-order valence-corrected chi connectivity index (χ2v) is 8.76. The molecule has 0 radical (unpaired) electrons. The Morgan fingerprint density at radius 1 is 0.622 bits per heavy atom. The molecule has 0 heterocycles. The van der Waals surface area contributed by atoms with Crippen molar-refractivity contribution >= 4 is 17.7 Å². The van der Waals surface area contributed by atoms with Gasteiger partial charge in [-0.3, -0.25) is 25.2 Å². The number of carbonyl (C=O) groups is 3. The minimum atomic E-state index is -0.915. The van der Waals surface area contributed by atoms with Crippen LogP contribution in [0.1, 0.15) is 38.5 Å². The minimum Gasteiger partial charge on any atom is -0.343 e. The fourth-order valence-electron chi connectivity index (χ4n) is 4.20. The largest absolute Gasteiger partial charge is 0.343 e. The van der Waals surface area contributed by atoms with Gasteiger partial charge in [0, 0.05) is 12.0 Å². The first-order valence-corrected chi connectivity index (χ1v) is 12.1. The number of nitrogens with one attached hydrogen (secondary N) is 3. The van der Waals surface area contributed by atoms with Crippen LogP contribution in [0, 0.1) is 6.92 Å². The Bertz CT molecular complexity index is 1300. The van der Waals surface area contributed by atoms with Crippen molar-refractivity contribution in [2.45, 2.75) is 25.3 Å². The zero-order valence-electron chi connectivity index (χ0n) is 20.6. The van der Waals surface area contributed by atoms with Gasteiger partial charge in [0.1, 0.15) is 6.04 Å². The summed E-state index contributed by atoms with van der Waals surface area (Å²) in [6, 6.07) is 34.5. The van der Waals surface area contributed by atoms with Crippen LogP contribution in [-0.2, 0) is 16.0 Å². The highest BCUT2D eigenvalue weighted by Crippen LogP contribution is 2.25. The zero-order valence-corrected chi connectivity index (χ0v) is 20.6. The van der Waals surface area contributed by atoms with Gasteiger partial charge in [0.2, 0.25) is 5.91 Å². The van der Waals surface area contributed by atoms with Gasteiger partial charge in [0.25, 0.3) is 11.8 Å². The molecule has 186 valence electrons. The van der Waals surface area contributed by atoms with Gasteiger partial charge in [-0.2, -0.15) is 0 Å². The van der Waals surface area contributed by atoms with E-state index in [9.17, 15) is 14.4 Å². The summed E-state index contributed by atoms with van der Waals surface area (Å²) in [5.41, 5.74) is 8.74. The summed E-state index contributed by atoms with van der Waals surface area (Å²) in [6.07, 6.45) is 0.259. The molecule has 0 aliphatic rings. The van der Waals surface area contributed by atoms with E-state index in [1.54, 1.807) is 12.1 Å². The molecule has 6 heteroatoms. The summed E-state index contributed by atoms with van der Waals surface area (Å²) in [5.74, 6) is -1.85. The number of amides is 3. The zero-order chi connectivity index (χ0) is 26.0. The van der Waals surface area contributed by atoms with Crippen LogP contribution in [0.5, 0.6) is 0 Å². The summed E-state index contributed by atoms with van der Waals surface area (Å²) >= 11 is 0. The van der Waals surface area contributed by atoms with E-state index < -0.39 is 23.8 Å². The van der Waals surface area contributed by atoms with E-state index in [1.807, 2.05) is 110 Å². The van der Waals surface area contributed by atoms with Gasteiger partial charge in [-0.1, -0.05) is 109 Å². The van der Waals surface area contributed by atoms with E-state index >= 15 is 0 Å². The van der Waals surface area contributed by atoms with Crippen LogP contribution in [0.25, 0.3) is 0 Å². The molecule has 3 amide bonds. The molecular formula is C31H29N3O3. The van der Waals surface area contributed by atoms with Crippen LogP contribution in [0.4, 0.5) is 0 Å². The highest BCUT2D eigenvalue weighted by molar-refractivity contribution is 5.98. The Balaban J connectivity index is 1.55. The third-order valence-corrected chi connectivity index (χ3v) is 6.13. The van der Waals surface area contributed by atoms with Crippen LogP contribution in [0.2, 0.25) is 0 Å². The molecule has 0 aliphatic heterocycles. The SMILES string of the molecule is Cc1ccccc1C(=O)NNC(=O)[C@@H](Cc1ccccc1)NC(=O)C(c1ccccc1)c1ccccc1. The second-order valence-electron chi connectivity index (χ2n) is 8.76. The molecule has 3 N–H and O–H groups in total. The van der Waals surface area contributed by atoms with Crippen LogP contribution < -0.4 is 16.2 Å². The number of hydrazine groups is 1. The standard InChI is InChI=1S/C31H29N3O3/c1-22-13-11-12-20-26(22)29(35)33-34-30(36)27(21-23-14-5-2-6-15-23)32-31(37)28(24-16-7-3-8-17-24)25-18-9-4-10-19-25/h2-20,27-28H,21H2,1H3,(H,32,37)(H,33,35)(H,34,36)/t27-/m1/s1. The van der Waals surface area contributed by atoms with Crippen LogP contribution in [0.15, 0.2) is 115 Å². The van der Waals surface area contributed by atoms with E-state index in [2.05, 4.69) is 16.2 Å². The van der Waals surface area contributed by atoms with E-state index in [4.69, 9.17) is 0 Å². The lowest BCUT2D eigenvalue weighted by molar-refractivity contribution is -0.129. The monoisotopic (exact) mass is 491 g/mol. The normalized spacial score (nSPS) is 11.4. The van der Waals surface area contributed by atoms with Crippen molar-refractivity contribution in [3.63, 3.8) is 0 Å². The molecule has 0 fully saturated rings. The van der Waals surface area contributed by atoms with Gasteiger partial charge in [0.15, 0.2) is 0 Å². The van der Waals surface area contributed by atoms with Gasteiger partial charge < -0.3 is 5.32 Å². The molecule has 0 saturated heterocycles. The first-order valence-electron chi connectivity index (χ1n) is 12.1. The Morgan fingerprint density at radius 3 is 1.70 bits per heavy atom. The first-order chi connectivity index (χ1) is 18.0. The molecule has 0 bridgehead atoms. The van der Waals surface area contributed by atoms with Gasteiger partial charge >= 0.3 is 0 Å². The third-order valence-electron chi connectivity index (χ3n) is 6.13. The van der Waals surface area contributed by atoms with E-state index in [0.717, 1.165) is 22.3 Å².